The van der Waals surface area contributed by atoms with Crippen molar-refractivity contribution in [2.75, 3.05) is 0 Å². The minimum atomic E-state index is -0.503. The van der Waals surface area contributed by atoms with Crippen LogP contribution in [0, 0.1) is 5.92 Å². The van der Waals surface area contributed by atoms with Crippen LogP contribution in [-0.2, 0) is 19.1 Å². The van der Waals surface area contributed by atoms with Crippen molar-refractivity contribution < 1.29 is 34.4 Å². The van der Waals surface area contributed by atoms with E-state index in [0.29, 0.717) is 12.8 Å². The molecule has 3 N–H and O–H groups in total. The number of hydrogen-bond acceptors (Lipinski definition) is 7. The molecule has 2 rings (SSSR count). The van der Waals surface area contributed by atoms with Crippen molar-refractivity contribution in [1.29, 1.82) is 0 Å². The molecule has 3 unspecified atom stereocenters. The predicted molar refractivity (Wildman–Crippen MR) is 167 cm³/mol. The second-order valence-corrected chi connectivity index (χ2v) is 13.4. The molecule has 0 amide bonds. The van der Waals surface area contributed by atoms with E-state index in [4.69, 9.17) is 9.47 Å². The molecule has 0 radical (unpaired) electrons. The quantitative estimate of drug-likeness (QED) is 0.0707. The molecule has 0 aromatic heterocycles. The zero-order valence-corrected chi connectivity index (χ0v) is 27.0. The molecule has 0 spiro atoms. The molecule has 2 saturated heterocycles. The minimum absolute atomic E-state index is 0.0338. The first-order valence-corrected chi connectivity index (χ1v) is 17.7. The molecule has 7 atom stereocenters. The summed E-state index contributed by atoms with van der Waals surface area (Å²) in [6.45, 7) is 3.77. The highest BCUT2D eigenvalue weighted by atomic mass is 16.6. The van der Waals surface area contributed by atoms with Crippen LogP contribution in [0.1, 0.15) is 168 Å². The van der Waals surface area contributed by atoms with Crippen LogP contribution in [0.4, 0.5) is 0 Å². The molecular formula is C35H64O7. The summed E-state index contributed by atoms with van der Waals surface area (Å²) in [4.78, 5) is 23.1. The van der Waals surface area contributed by atoms with E-state index in [1.165, 1.54) is 64.7 Å². The standard InChI is InChI=1S/C35H64O7/c1-3-4-5-6-7-8-9-10-11-15-21-31(38)33-23-24-34(42-33)32(39)22-17-16-19-29(37)18-13-12-14-20-30-26-28(25-27(2)36)35(40)41-30/h28-34,37-39H,3-26H2,1-2H3/t28?,29?,30?,31-,32-,33-,34-/m0/s1. The lowest BCUT2D eigenvalue weighted by molar-refractivity contribution is -0.145. The van der Waals surface area contributed by atoms with Gasteiger partial charge in [0.25, 0.3) is 0 Å². The lowest BCUT2D eigenvalue weighted by Crippen LogP contribution is -2.31. The second-order valence-electron chi connectivity index (χ2n) is 13.4. The maximum absolute atomic E-state index is 11.8. The van der Waals surface area contributed by atoms with E-state index >= 15 is 0 Å². The number of aliphatic hydroxyl groups excluding tert-OH is 3. The maximum atomic E-state index is 11.8. The van der Waals surface area contributed by atoms with Gasteiger partial charge in [-0.05, 0) is 64.7 Å². The Balaban J connectivity index is 1.41. The number of ketones is 1. The fourth-order valence-corrected chi connectivity index (χ4v) is 6.69. The molecule has 7 heteroatoms. The highest BCUT2D eigenvalue weighted by molar-refractivity contribution is 5.83. The summed E-state index contributed by atoms with van der Waals surface area (Å²) in [6.07, 6.45) is 22.2. The van der Waals surface area contributed by atoms with E-state index in [2.05, 4.69) is 6.92 Å². The monoisotopic (exact) mass is 596 g/mol. The Morgan fingerprint density at radius 2 is 1.21 bits per heavy atom. The van der Waals surface area contributed by atoms with Gasteiger partial charge in [-0.1, -0.05) is 96.8 Å². The van der Waals surface area contributed by atoms with Crippen LogP contribution in [0.2, 0.25) is 0 Å². The van der Waals surface area contributed by atoms with E-state index in [1.54, 1.807) is 0 Å². The van der Waals surface area contributed by atoms with Crippen molar-refractivity contribution in [2.24, 2.45) is 5.92 Å². The SMILES string of the molecule is CCCCCCCCCCCC[C@H](O)[C@@H]1CC[C@@H]([C@@H](O)CCCCC(O)CCCCCC2CC(CC(C)=O)C(=O)O2)O1. The van der Waals surface area contributed by atoms with Crippen molar-refractivity contribution in [1.82, 2.24) is 0 Å². The highest BCUT2D eigenvalue weighted by Crippen LogP contribution is 2.29. The Labute approximate surface area is 256 Å². The Morgan fingerprint density at radius 3 is 1.79 bits per heavy atom. The molecule has 2 heterocycles. The number of carbonyl (C=O) groups is 2. The highest BCUT2D eigenvalue weighted by Gasteiger charge is 2.35. The third kappa shape index (κ3) is 16.2. The number of unbranched alkanes of at least 4 members (excludes halogenated alkanes) is 12. The van der Waals surface area contributed by atoms with Gasteiger partial charge in [0.1, 0.15) is 11.9 Å². The van der Waals surface area contributed by atoms with E-state index in [0.717, 1.165) is 77.0 Å². The number of Topliss-reactive ketones (excluding diaryl/α,β-unsaturated/α-hetero) is 1. The molecule has 2 aliphatic rings. The van der Waals surface area contributed by atoms with Crippen molar-refractivity contribution in [3.63, 3.8) is 0 Å². The first-order valence-electron chi connectivity index (χ1n) is 17.7. The fourth-order valence-electron chi connectivity index (χ4n) is 6.69. The largest absolute Gasteiger partial charge is 0.462 e. The van der Waals surface area contributed by atoms with Crippen LogP contribution in [0.5, 0.6) is 0 Å². The van der Waals surface area contributed by atoms with Gasteiger partial charge in [-0.3, -0.25) is 4.79 Å². The van der Waals surface area contributed by atoms with Gasteiger partial charge in [-0.2, -0.15) is 0 Å². The zero-order chi connectivity index (χ0) is 30.6. The number of rotatable bonds is 26. The van der Waals surface area contributed by atoms with Gasteiger partial charge in [0.15, 0.2) is 0 Å². The predicted octanol–water partition coefficient (Wildman–Crippen LogP) is 7.35. The maximum Gasteiger partial charge on any atom is 0.309 e. The molecule has 42 heavy (non-hydrogen) atoms. The van der Waals surface area contributed by atoms with E-state index in [9.17, 15) is 24.9 Å². The summed E-state index contributed by atoms with van der Waals surface area (Å²) in [5.41, 5.74) is 0. The van der Waals surface area contributed by atoms with Crippen LogP contribution in [0.25, 0.3) is 0 Å². The molecular weight excluding hydrogens is 532 g/mol. The molecule has 0 saturated carbocycles. The Kier molecular flexibility index (Phi) is 19.9. The number of ether oxygens (including phenoxy) is 2. The summed E-state index contributed by atoms with van der Waals surface area (Å²) >= 11 is 0. The van der Waals surface area contributed by atoms with Gasteiger partial charge in [0.05, 0.1) is 36.4 Å². The number of carbonyl (C=O) groups excluding carboxylic acids is 2. The van der Waals surface area contributed by atoms with E-state index in [-0.39, 0.29) is 48.5 Å². The van der Waals surface area contributed by atoms with Crippen molar-refractivity contribution in [3.8, 4) is 0 Å². The molecule has 0 bridgehead atoms. The average Bonchev–Trinajstić information content (AvgIpc) is 3.58. The van der Waals surface area contributed by atoms with Crippen LogP contribution < -0.4 is 0 Å². The third-order valence-electron chi connectivity index (χ3n) is 9.35. The zero-order valence-electron chi connectivity index (χ0n) is 27.0. The first kappa shape index (κ1) is 37.2. The number of esters is 1. The Bertz CT molecular complexity index is 713. The molecule has 0 aromatic carbocycles. The smallest absolute Gasteiger partial charge is 0.309 e. The number of cyclic esters (lactones) is 1. The third-order valence-corrected chi connectivity index (χ3v) is 9.35. The summed E-state index contributed by atoms with van der Waals surface area (Å²) in [7, 11) is 0. The van der Waals surface area contributed by atoms with E-state index in [1.807, 2.05) is 0 Å². The van der Waals surface area contributed by atoms with Gasteiger partial charge in [0, 0.05) is 6.42 Å². The number of aliphatic hydroxyl groups is 3. The van der Waals surface area contributed by atoms with Crippen LogP contribution in [0.3, 0.4) is 0 Å². The number of hydrogen-bond donors (Lipinski definition) is 3. The summed E-state index contributed by atoms with van der Waals surface area (Å²) in [6, 6.07) is 0. The topological polar surface area (TPSA) is 113 Å². The van der Waals surface area contributed by atoms with Gasteiger partial charge in [0.2, 0.25) is 0 Å². The van der Waals surface area contributed by atoms with Crippen LogP contribution in [-0.4, -0.2) is 63.7 Å². The first-order chi connectivity index (χ1) is 20.3. The van der Waals surface area contributed by atoms with Crippen LogP contribution in [0.15, 0.2) is 0 Å². The van der Waals surface area contributed by atoms with Crippen LogP contribution >= 0.6 is 0 Å². The van der Waals surface area contributed by atoms with E-state index < -0.39 is 12.2 Å². The molecule has 0 aromatic rings. The van der Waals surface area contributed by atoms with Crippen molar-refractivity contribution in [3.05, 3.63) is 0 Å². The average molecular weight is 597 g/mol. The van der Waals surface area contributed by atoms with Crippen molar-refractivity contribution in [2.45, 2.75) is 205 Å². The Hall–Kier alpha value is -1.02. The van der Waals surface area contributed by atoms with Gasteiger partial charge in [-0.25, -0.2) is 0 Å². The molecule has 2 aliphatic heterocycles. The minimum Gasteiger partial charge on any atom is -0.462 e. The lowest BCUT2D eigenvalue weighted by atomic mass is 9.96. The summed E-state index contributed by atoms with van der Waals surface area (Å²) in [5, 5.41) is 31.6. The fraction of sp³-hybridized carbons (Fsp3) is 0.943. The summed E-state index contributed by atoms with van der Waals surface area (Å²) in [5.74, 6) is -0.459. The Morgan fingerprint density at radius 1 is 0.738 bits per heavy atom. The molecule has 0 aliphatic carbocycles. The normalized spacial score (nSPS) is 24.5. The van der Waals surface area contributed by atoms with Gasteiger partial charge in [-0.15, -0.1) is 0 Å². The van der Waals surface area contributed by atoms with Crippen molar-refractivity contribution >= 4 is 11.8 Å². The molecule has 2 fully saturated rings. The lowest BCUT2D eigenvalue weighted by Gasteiger charge is -2.22. The molecule has 246 valence electrons. The molecule has 7 nitrogen and oxygen atoms in total. The second kappa shape index (κ2) is 22.5. The summed E-state index contributed by atoms with van der Waals surface area (Å²) < 4.78 is 11.5. The van der Waals surface area contributed by atoms with Gasteiger partial charge >= 0.3 is 5.97 Å². The van der Waals surface area contributed by atoms with Gasteiger partial charge < -0.3 is 29.6 Å².